The normalized spacial score (nSPS) is 16.0. The fourth-order valence-electron chi connectivity index (χ4n) is 4.91. The minimum absolute atomic E-state index is 1.01. The summed E-state index contributed by atoms with van der Waals surface area (Å²) >= 11 is 0. The zero-order valence-electron chi connectivity index (χ0n) is 18.6. The smallest absolute Gasteiger partial charge is 0.0923 e. The van der Waals surface area contributed by atoms with E-state index < -0.39 is 0 Å². The second-order valence-electron chi connectivity index (χ2n) is 8.62. The summed E-state index contributed by atoms with van der Waals surface area (Å²) in [6, 6.07) is 6.83. The Bertz CT molecular complexity index is 1020. The highest BCUT2D eigenvalue weighted by Crippen LogP contribution is 2.40. The number of allylic oxidation sites excluding steroid dienone is 3. The van der Waals surface area contributed by atoms with Gasteiger partial charge in [0.15, 0.2) is 0 Å². The Morgan fingerprint density at radius 3 is 2.66 bits per heavy atom. The number of nitrogens with zero attached hydrogens (tertiary/aromatic N) is 2. The minimum atomic E-state index is 1.01. The number of fused-ring (bicyclic) bond motifs is 4. The summed E-state index contributed by atoms with van der Waals surface area (Å²) in [4.78, 5) is 7.76. The Morgan fingerprint density at radius 1 is 1.14 bits per heavy atom. The van der Waals surface area contributed by atoms with Gasteiger partial charge in [0.25, 0.3) is 0 Å². The fraction of sp³-hybridized carbons (Fsp3) is 0.444. The van der Waals surface area contributed by atoms with Gasteiger partial charge in [0.2, 0.25) is 0 Å². The molecule has 2 aliphatic heterocycles. The van der Waals surface area contributed by atoms with E-state index >= 15 is 0 Å². The molecule has 1 aromatic heterocycles. The molecular formula is C27H34N2. The summed E-state index contributed by atoms with van der Waals surface area (Å²) in [7, 11) is 0. The van der Waals surface area contributed by atoms with Gasteiger partial charge in [0.05, 0.1) is 16.9 Å². The molecular weight excluding hydrogens is 352 g/mol. The van der Waals surface area contributed by atoms with Crippen molar-refractivity contribution in [2.75, 3.05) is 6.54 Å². The predicted molar refractivity (Wildman–Crippen MR) is 125 cm³/mol. The van der Waals surface area contributed by atoms with E-state index in [0.717, 1.165) is 57.1 Å². The van der Waals surface area contributed by atoms with Crippen LogP contribution in [0.3, 0.4) is 0 Å². The molecule has 4 rings (SSSR count). The number of benzene rings is 1. The molecule has 0 radical (unpaired) electrons. The first-order valence-corrected chi connectivity index (χ1v) is 11.3. The molecule has 0 fully saturated rings. The van der Waals surface area contributed by atoms with E-state index in [1.54, 1.807) is 5.57 Å². The van der Waals surface area contributed by atoms with Crippen LogP contribution in [0.25, 0.3) is 16.6 Å². The molecule has 29 heavy (non-hydrogen) atoms. The topological polar surface area (TPSA) is 16.1 Å². The number of hydrogen-bond donors (Lipinski definition) is 0. The number of aryl methyl sites for hydroxylation is 2. The van der Waals surface area contributed by atoms with Crippen LogP contribution >= 0.6 is 0 Å². The van der Waals surface area contributed by atoms with Crippen LogP contribution in [0.1, 0.15) is 75.8 Å². The SMILES string of the molecule is C=C(C)CCC1=C(CC)C=C2c3nc4ccc(CC)cc4c(CC)c3CN2CC1. The largest absolute Gasteiger partial charge is 0.365 e. The molecule has 1 aromatic carbocycles. The zero-order valence-corrected chi connectivity index (χ0v) is 18.6. The summed E-state index contributed by atoms with van der Waals surface area (Å²) in [6.07, 6.45) is 9.08. The van der Waals surface area contributed by atoms with Gasteiger partial charge < -0.3 is 4.90 Å². The molecule has 2 aliphatic rings. The van der Waals surface area contributed by atoms with Crippen molar-refractivity contribution in [2.24, 2.45) is 0 Å². The number of pyridine rings is 1. The Kier molecular flexibility index (Phi) is 5.63. The van der Waals surface area contributed by atoms with Gasteiger partial charge in [-0.15, -0.1) is 6.58 Å². The monoisotopic (exact) mass is 386 g/mol. The quantitative estimate of drug-likeness (QED) is 0.498. The molecule has 0 amide bonds. The average molecular weight is 387 g/mol. The zero-order chi connectivity index (χ0) is 20.5. The maximum absolute atomic E-state index is 5.19. The van der Waals surface area contributed by atoms with Crippen molar-refractivity contribution >= 4 is 16.6 Å². The third kappa shape index (κ3) is 3.66. The number of aromatic nitrogens is 1. The second-order valence-corrected chi connectivity index (χ2v) is 8.62. The van der Waals surface area contributed by atoms with E-state index in [1.807, 2.05) is 0 Å². The Hall–Kier alpha value is -2.35. The molecule has 0 aliphatic carbocycles. The molecule has 0 saturated carbocycles. The molecule has 2 aromatic rings. The van der Waals surface area contributed by atoms with E-state index in [0.29, 0.717) is 0 Å². The highest BCUT2D eigenvalue weighted by Gasteiger charge is 2.30. The van der Waals surface area contributed by atoms with Crippen molar-refractivity contribution in [3.63, 3.8) is 0 Å². The Morgan fingerprint density at radius 2 is 1.97 bits per heavy atom. The van der Waals surface area contributed by atoms with Gasteiger partial charge in [-0.1, -0.05) is 38.0 Å². The van der Waals surface area contributed by atoms with Crippen LogP contribution < -0.4 is 0 Å². The van der Waals surface area contributed by atoms with Crippen LogP contribution in [0.15, 0.2) is 47.6 Å². The Balaban J connectivity index is 1.83. The predicted octanol–water partition coefficient (Wildman–Crippen LogP) is 6.98. The lowest BCUT2D eigenvalue weighted by Crippen LogP contribution is -2.16. The first-order chi connectivity index (χ1) is 14.0. The van der Waals surface area contributed by atoms with Gasteiger partial charge in [-0.3, -0.25) is 0 Å². The van der Waals surface area contributed by atoms with Crippen molar-refractivity contribution in [1.29, 1.82) is 0 Å². The molecule has 152 valence electrons. The van der Waals surface area contributed by atoms with Gasteiger partial charge >= 0.3 is 0 Å². The first-order valence-electron chi connectivity index (χ1n) is 11.3. The number of hydrogen-bond acceptors (Lipinski definition) is 2. The van der Waals surface area contributed by atoms with E-state index in [1.165, 1.54) is 44.6 Å². The van der Waals surface area contributed by atoms with E-state index in [4.69, 9.17) is 4.98 Å². The fourth-order valence-corrected chi connectivity index (χ4v) is 4.91. The lowest BCUT2D eigenvalue weighted by molar-refractivity contribution is 0.413. The third-order valence-corrected chi connectivity index (χ3v) is 6.65. The molecule has 0 N–H and O–H groups in total. The molecule has 0 saturated heterocycles. The second kappa shape index (κ2) is 8.18. The standard InChI is InChI=1S/C27H34N2/c1-6-19-10-12-25-23(15-19)22(8-3)24-17-29-14-13-21(11-9-18(4)5)20(7-2)16-26(29)27(24)28-25/h10,12,15-16H,4,6-9,11,13-14,17H2,1-3,5H3. The highest BCUT2D eigenvalue weighted by atomic mass is 15.2. The lowest BCUT2D eigenvalue weighted by Gasteiger charge is -2.18. The molecule has 0 atom stereocenters. The van der Waals surface area contributed by atoms with Gasteiger partial charge in [-0.2, -0.15) is 0 Å². The molecule has 3 heterocycles. The van der Waals surface area contributed by atoms with E-state index in [-0.39, 0.29) is 0 Å². The summed E-state index contributed by atoms with van der Waals surface area (Å²) in [6.45, 7) is 15.2. The summed E-state index contributed by atoms with van der Waals surface area (Å²) in [5.41, 5.74) is 12.5. The van der Waals surface area contributed by atoms with Crippen LogP contribution in [0.4, 0.5) is 0 Å². The molecule has 2 heteroatoms. The number of rotatable bonds is 6. The van der Waals surface area contributed by atoms with Crippen molar-refractivity contribution in [3.8, 4) is 0 Å². The van der Waals surface area contributed by atoms with Crippen molar-refractivity contribution in [1.82, 2.24) is 9.88 Å². The van der Waals surface area contributed by atoms with Crippen LogP contribution in [0, 0.1) is 0 Å². The highest BCUT2D eigenvalue weighted by molar-refractivity contribution is 5.88. The van der Waals surface area contributed by atoms with Gasteiger partial charge in [0.1, 0.15) is 0 Å². The third-order valence-electron chi connectivity index (χ3n) is 6.65. The van der Waals surface area contributed by atoms with Crippen LogP contribution in [0.5, 0.6) is 0 Å². The van der Waals surface area contributed by atoms with Gasteiger partial charge in [0, 0.05) is 24.0 Å². The molecule has 0 unspecified atom stereocenters. The summed E-state index contributed by atoms with van der Waals surface area (Å²) < 4.78 is 0. The maximum Gasteiger partial charge on any atom is 0.0923 e. The first kappa shape index (κ1) is 19.9. The lowest BCUT2D eigenvalue weighted by atomic mass is 9.95. The minimum Gasteiger partial charge on any atom is -0.365 e. The van der Waals surface area contributed by atoms with Gasteiger partial charge in [-0.05, 0) is 80.4 Å². The summed E-state index contributed by atoms with van der Waals surface area (Å²) in [5, 5.41) is 1.36. The molecule has 0 bridgehead atoms. The van der Waals surface area contributed by atoms with E-state index in [9.17, 15) is 0 Å². The molecule has 0 spiro atoms. The van der Waals surface area contributed by atoms with Crippen molar-refractivity contribution in [3.05, 3.63) is 70.0 Å². The van der Waals surface area contributed by atoms with Gasteiger partial charge in [-0.25, -0.2) is 4.98 Å². The van der Waals surface area contributed by atoms with Crippen molar-refractivity contribution in [2.45, 2.75) is 72.8 Å². The van der Waals surface area contributed by atoms with E-state index in [2.05, 4.69) is 63.4 Å². The maximum atomic E-state index is 5.19. The summed E-state index contributed by atoms with van der Waals surface area (Å²) in [5.74, 6) is 0. The van der Waals surface area contributed by atoms with Crippen LogP contribution in [-0.2, 0) is 19.4 Å². The molecule has 2 nitrogen and oxygen atoms in total. The van der Waals surface area contributed by atoms with Crippen LogP contribution in [-0.4, -0.2) is 16.4 Å². The van der Waals surface area contributed by atoms with Crippen molar-refractivity contribution < 1.29 is 0 Å². The van der Waals surface area contributed by atoms with Crippen LogP contribution in [0.2, 0.25) is 0 Å². The Labute approximate surface area is 176 Å². The average Bonchev–Trinajstić information content (AvgIpc) is 2.96.